The summed E-state index contributed by atoms with van der Waals surface area (Å²) in [4.78, 5) is 16.9. The number of aromatic nitrogens is 1. The SMILES string of the molecule is CN(Cc1ccc(F)cc1)C(=O)c1cccc(F)n1. The van der Waals surface area contributed by atoms with Crippen molar-refractivity contribution in [3.63, 3.8) is 0 Å². The lowest BCUT2D eigenvalue weighted by Crippen LogP contribution is -2.27. The first kappa shape index (κ1) is 13.1. The van der Waals surface area contributed by atoms with E-state index in [1.807, 2.05) is 0 Å². The van der Waals surface area contributed by atoms with Gasteiger partial charge in [-0.15, -0.1) is 0 Å². The van der Waals surface area contributed by atoms with Gasteiger partial charge in [-0.1, -0.05) is 18.2 Å². The summed E-state index contributed by atoms with van der Waals surface area (Å²) in [6.07, 6.45) is 0. The van der Waals surface area contributed by atoms with Gasteiger partial charge in [0.1, 0.15) is 11.5 Å². The van der Waals surface area contributed by atoms with Gasteiger partial charge in [-0.25, -0.2) is 9.37 Å². The van der Waals surface area contributed by atoms with E-state index in [0.717, 1.165) is 5.56 Å². The van der Waals surface area contributed by atoms with Crippen LogP contribution < -0.4 is 0 Å². The Morgan fingerprint density at radius 2 is 1.84 bits per heavy atom. The average Bonchev–Trinajstić information content (AvgIpc) is 2.40. The third kappa shape index (κ3) is 3.34. The second-order valence-electron chi connectivity index (χ2n) is 4.13. The Bertz CT molecular complexity index is 584. The number of carbonyl (C=O) groups is 1. The normalized spacial score (nSPS) is 10.3. The molecule has 2 aromatic rings. The van der Waals surface area contributed by atoms with E-state index in [-0.39, 0.29) is 17.4 Å². The van der Waals surface area contributed by atoms with Gasteiger partial charge in [-0.3, -0.25) is 4.79 Å². The molecule has 0 aliphatic carbocycles. The topological polar surface area (TPSA) is 33.2 Å². The summed E-state index contributed by atoms with van der Waals surface area (Å²) in [5.41, 5.74) is 0.832. The Morgan fingerprint density at radius 3 is 2.47 bits per heavy atom. The number of pyridine rings is 1. The highest BCUT2D eigenvalue weighted by Gasteiger charge is 2.13. The largest absolute Gasteiger partial charge is 0.336 e. The number of halogens is 2. The van der Waals surface area contributed by atoms with Gasteiger partial charge < -0.3 is 4.90 Å². The number of benzene rings is 1. The van der Waals surface area contributed by atoms with Crippen LogP contribution in [-0.2, 0) is 6.54 Å². The van der Waals surface area contributed by atoms with Crippen LogP contribution in [0.2, 0.25) is 0 Å². The quantitative estimate of drug-likeness (QED) is 0.797. The molecule has 0 saturated heterocycles. The summed E-state index contributed by atoms with van der Waals surface area (Å²) in [6.45, 7) is 0.303. The highest BCUT2D eigenvalue weighted by molar-refractivity contribution is 5.92. The fourth-order valence-electron chi connectivity index (χ4n) is 1.66. The van der Waals surface area contributed by atoms with Crippen molar-refractivity contribution in [1.29, 1.82) is 0 Å². The molecule has 0 radical (unpaired) electrons. The molecule has 1 amide bonds. The minimum absolute atomic E-state index is 0.0459. The van der Waals surface area contributed by atoms with Crippen molar-refractivity contribution in [2.24, 2.45) is 0 Å². The van der Waals surface area contributed by atoms with E-state index in [0.29, 0.717) is 6.54 Å². The monoisotopic (exact) mass is 262 g/mol. The van der Waals surface area contributed by atoms with Crippen LogP contribution in [0.1, 0.15) is 16.1 Å². The first-order chi connectivity index (χ1) is 9.06. The molecular weight excluding hydrogens is 250 g/mol. The molecule has 98 valence electrons. The highest BCUT2D eigenvalue weighted by Crippen LogP contribution is 2.08. The molecule has 5 heteroatoms. The summed E-state index contributed by atoms with van der Waals surface area (Å²) < 4.78 is 25.7. The maximum atomic E-state index is 12.9. The Kier molecular flexibility index (Phi) is 3.85. The lowest BCUT2D eigenvalue weighted by Gasteiger charge is -2.16. The van der Waals surface area contributed by atoms with Crippen molar-refractivity contribution in [2.75, 3.05) is 7.05 Å². The third-order valence-electron chi connectivity index (χ3n) is 2.61. The second-order valence-corrected chi connectivity index (χ2v) is 4.13. The summed E-state index contributed by atoms with van der Waals surface area (Å²) in [5, 5.41) is 0. The van der Waals surface area contributed by atoms with Gasteiger partial charge in [0.2, 0.25) is 5.95 Å². The van der Waals surface area contributed by atoms with Crippen molar-refractivity contribution in [3.05, 3.63) is 65.5 Å². The van der Waals surface area contributed by atoms with E-state index >= 15 is 0 Å². The van der Waals surface area contributed by atoms with Crippen LogP contribution in [0.3, 0.4) is 0 Å². The molecule has 0 aliphatic heterocycles. The van der Waals surface area contributed by atoms with Gasteiger partial charge in [-0.05, 0) is 29.8 Å². The number of hydrogen-bond acceptors (Lipinski definition) is 2. The van der Waals surface area contributed by atoms with Crippen LogP contribution in [0.25, 0.3) is 0 Å². The molecule has 1 aromatic carbocycles. The molecule has 0 bridgehead atoms. The van der Waals surface area contributed by atoms with Crippen molar-refractivity contribution in [3.8, 4) is 0 Å². The van der Waals surface area contributed by atoms with Crippen molar-refractivity contribution in [1.82, 2.24) is 9.88 Å². The van der Waals surface area contributed by atoms with Gasteiger partial charge in [0.05, 0.1) is 0 Å². The summed E-state index contributed by atoms with van der Waals surface area (Å²) in [6, 6.07) is 9.91. The number of hydrogen-bond donors (Lipinski definition) is 0. The Morgan fingerprint density at radius 1 is 1.16 bits per heavy atom. The van der Waals surface area contributed by atoms with Crippen LogP contribution >= 0.6 is 0 Å². The molecule has 1 aromatic heterocycles. The van der Waals surface area contributed by atoms with Gasteiger partial charge >= 0.3 is 0 Å². The zero-order chi connectivity index (χ0) is 13.8. The van der Waals surface area contributed by atoms with Crippen molar-refractivity contribution >= 4 is 5.91 Å². The fourth-order valence-corrected chi connectivity index (χ4v) is 1.66. The second kappa shape index (κ2) is 5.56. The molecule has 3 nitrogen and oxygen atoms in total. The minimum atomic E-state index is -0.693. The van der Waals surface area contributed by atoms with E-state index in [2.05, 4.69) is 4.98 Å². The summed E-state index contributed by atoms with van der Waals surface area (Å²) >= 11 is 0. The first-order valence-corrected chi connectivity index (χ1v) is 5.69. The molecule has 0 saturated carbocycles. The molecule has 0 spiro atoms. The number of nitrogens with zero attached hydrogens (tertiary/aromatic N) is 2. The van der Waals surface area contributed by atoms with Gasteiger partial charge in [0, 0.05) is 13.6 Å². The predicted molar refractivity (Wildman–Crippen MR) is 66.4 cm³/mol. The van der Waals surface area contributed by atoms with Crippen LogP contribution in [0, 0.1) is 11.8 Å². The van der Waals surface area contributed by atoms with Crippen molar-refractivity contribution < 1.29 is 13.6 Å². The molecule has 19 heavy (non-hydrogen) atoms. The molecule has 0 atom stereocenters. The number of amides is 1. The highest BCUT2D eigenvalue weighted by atomic mass is 19.1. The van der Waals surface area contributed by atoms with E-state index < -0.39 is 5.95 Å². The van der Waals surface area contributed by atoms with Crippen molar-refractivity contribution in [2.45, 2.75) is 6.54 Å². The molecule has 0 aliphatic rings. The van der Waals surface area contributed by atoms with Crippen LogP contribution in [0.4, 0.5) is 8.78 Å². The summed E-state index contributed by atoms with van der Waals surface area (Å²) in [7, 11) is 1.58. The lowest BCUT2D eigenvalue weighted by atomic mass is 10.2. The van der Waals surface area contributed by atoms with Gasteiger partial charge in [-0.2, -0.15) is 4.39 Å². The van der Waals surface area contributed by atoms with E-state index in [1.54, 1.807) is 19.2 Å². The fraction of sp³-hybridized carbons (Fsp3) is 0.143. The number of carbonyl (C=O) groups excluding carboxylic acids is 1. The van der Waals surface area contributed by atoms with E-state index in [9.17, 15) is 13.6 Å². The standard InChI is InChI=1S/C14H12F2N2O/c1-18(9-10-5-7-11(15)8-6-10)14(19)12-3-2-4-13(16)17-12/h2-8H,9H2,1H3. The van der Waals surface area contributed by atoms with E-state index in [1.165, 1.54) is 35.2 Å². The first-order valence-electron chi connectivity index (χ1n) is 5.69. The molecule has 0 N–H and O–H groups in total. The Labute approximate surface area is 109 Å². The Hall–Kier alpha value is -2.30. The van der Waals surface area contributed by atoms with Gasteiger partial charge in [0.15, 0.2) is 0 Å². The zero-order valence-corrected chi connectivity index (χ0v) is 10.3. The number of rotatable bonds is 3. The zero-order valence-electron chi connectivity index (χ0n) is 10.3. The van der Waals surface area contributed by atoms with Gasteiger partial charge in [0.25, 0.3) is 5.91 Å². The molecule has 0 unspecified atom stereocenters. The molecule has 0 fully saturated rings. The smallest absolute Gasteiger partial charge is 0.272 e. The van der Waals surface area contributed by atoms with Crippen LogP contribution in [0.15, 0.2) is 42.5 Å². The summed E-state index contributed by atoms with van der Waals surface area (Å²) in [5.74, 6) is -1.41. The molecular formula is C14H12F2N2O. The lowest BCUT2D eigenvalue weighted by molar-refractivity contribution is 0.0778. The van der Waals surface area contributed by atoms with Crippen LogP contribution in [0.5, 0.6) is 0 Å². The third-order valence-corrected chi connectivity index (χ3v) is 2.61. The molecule has 2 rings (SSSR count). The average molecular weight is 262 g/mol. The Balaban J connectivity index is 2.09. The molecule has 1 heterocycles. The predicted octanol–water partition coefficient (Wildman–Crippen LogP) is 2.63. The maximum absolute atomic E-state index is 12.9. The van der Waals surface area contributed by atoms with E-state index in [4.69, 9.17) is 0 Å². The van der Waals surface area contributed by atoms with Crippen LogP contribution in [-0.4, -0.2) is 22.8 Å². The maximum Gasteiger partial charge on any atom is 0.272 e. The minimum Gasteiger partial charge on any atom is -0.336 e.